The molecule has 0 aromatic heterocycles. The van der Waals surface area contributed by atoms with Crippen molar-refractivity contribution in [2.75, 3.05) is 0 Å². The molecule has 12 heavy (non-hydrogen) atoms. The Morgan fingerprint density at radius 1 is 1.33 bits per heavy atom. The van der Waals surface area contributed by atoms with Crippen LogP contribution in [0.15, 0.2) is 24.3 Å². The first-order valence-corrected chi connectivity index (χ1v) is 4.26. The molecule has 1 N–H and O–H groups in total. The summed E-state index contributed by atoms with van der Waals surface area (Å²) in [4.78, 5) is 0. The molecule has 0 amide bonds. The van der Waals surface area contributed by atoms with Crippen molar-refractivity contribution in [2.24, 2.45) is 0 Å². The summed E-state index contributed by atoms with van der Waals surface area (Å²) < 4.78 is 5.42. The Kier molecular flexibility index (Phi) is 1.28. The van der Waals surface area contributed by atoms with Gasteiger partial charge < -0.3 is 4.74 Å². The summed E-state index contributed by atoms with van der Waals surface area (Å²) >= 11 is 0. The van der Waals surface area contributed by atoms with E-state index in [0.717, 1.165) is 6.42 Å². The van der Waals surface area contributed by atoms with Gasteiger partial charge in [0.1, 0.15) is 6.73 Å². The van der Waals surface area contributed by atoms with Crippen molar-refractivity contribution in [3.8, 4) is 0 Å². The number of rotatable bonds is 0. The molecular formula is C10H10NO. The highest BCUT2D eigenvalue weighted by Gasteiger charge is 2.36. The third-order valence-electron chi connectivity index (χ3n) is 2.67. The van der Waals surface area contributed by atoms with Crippen LogP contribution in [-0.2, 0) is 11.2 Å². The zero-order chi connectivity index (χ0) is 7.97. The van der Waals surface area contributed by atoms with Crippen molar-refractivity contribution in [2.45, 2.75) is 18.6 Å². The quantitative estimate of drug-likeness (QED) is 0.619. The fraction of sp³-hybridized carbons (Fsp3) is 0.300. The Morgan fingerprint density at radius 2 is 2.25 bits per heavy atom. The van der Waals surface area contributed by atoms with Crippen LogP contribution in [0, 0.1) is 6.73 Å². The highest BCUT2D eigenvalue weighted by molar-refractivity contribution is 5.37. The van der Waals surface area contributed by atoms with E-state index in [1.54, 1.807) is 6.73 Å². The first kappa shape index (κ1) is 6.63. The Morgan fingerprint density at radius 3 is 3.25 bits per heavy atom. The molecule has 1 aromatic carbocycles. The van der Waals surface area contributed by atoms with Crippen molar-refractivity contribution in [1.82, 2.24) is 5.32 Å². The number of nitrogens with one attached hydrogen (secondary N) is 1. The SMILES string of the molecule is [CH]1N[C@H]2c3ccccc3C[C@H]2O1. The van der Waals surface area contributed by atoms with Crippen molar-refractivity contribution in [3.05, 3.63) is 42.1 Å². The molecule has 2 aliphatic rings. The molecule has 0 unspecified atom stereocenters. The number of hydrogen-bond donors (Lipinski definition) is 1. The highest BCUT2D eigenvalue weighted by Crippen LogP contribution is 2.36. The highest BCUT2D eigenvalue weighted by atomic mass is 16.5. The van der Waals surface area contributed by atoms with Crippen molar-refractivity contribution in [3.63, 3.8) is 0 Å². The summed E-state index contributed by atoms with van der Waals surface area (Å²) in [5.74, 6) is 0. The average molecular weight is 160 g/mol. The van der Waals surface area contributed by atoms with Gasteiger partial charge in [-0.15, -0.1) is 0 Å². The first-order valence-electron chi connectivity index (χ1n) is 4.26. The van der Waals surface area contributed by atoms with Crippen LogP contribution in [0.4, 0.5) is 0 Å². The summed E-state index contributed by atoms with van der Waals surface area (Å²) in [5, 5.41) is 3.23. The fourth-order valence-corrected chi connectivity index (χ4v) is 2.08. The van der Waals surface area contributed by atoms with Crippen LogP contribution >= 0.6 is 0 Å². The maximum Gasteiger partial charge on any atom is 0.149 e. The lowest BCUT2D eigenvalue weighted by Gasteiger charge is -2.06. The molecule has 0 saturated carbocycles. The topological polar surface area (TPSA) is 21.3 Å². The molecular weight excluding hydrogens is 150 g/mol. The molecule has 61 valence electrons. The minimum Gasteiger partial charge on any atom is -0.354 e. The largest absolute Gasteiger partial charge is 0.354 e. The predicted octanol–water partition coefficient (Wildman–Crippen LogP) is 1.39. The lowest BCUT2D eigenvalue weighted by molar-refractivity contribution is 0.151. The molecule has 1 saturated heterocycles. The van der Waals surface area contributed by atoms with Gasteiger partial charge in [0.2, 0.25) is 0 Å². The van der Waals surface area contributed by atoms with E-state index in [4.69, 9.17) is 4.74 Å². The van der Waals surface area contributed by atoms with Crippen LogP contribution in [0.5, 0.6) is 0 Å². The first-order chi connectivity index (χ1) is 5.95. The minimum absolute atomic E-state index is 0.336. The van der Waals surface area contributed by atoms with Crippen LogP contribution in [0.2, 0.25) is 0 Å². The van der Waals surface area contributed by atoms with Crippen LogP contribution in [0.25, 0.3) is 0 Å². The van der Waals surface area contributed by atoms with E-state index in [1.807, 2.05) is 0 Å². The fourth-order valence-electron chi connectivity index (χ4n) is 2.08. The summed E-state index contributed by atoms with van der Waals surface area (Å²) in [5.41, 5.74) is 2.82. The third-order valence-corrected chi connectivity index (χ3v) is 2.67. The number of benzene rings is 1. The van der Waals surface area contributed by atoms with Crippen LogP contribution in [0.3, 0.4) is 0 Å². The Bertz CT molecular complexity index is 310. The summed E-state index contributed by atoms with van der Waals surface area (Å²) in [6, 6.07) is 8.93. The Hall–Kier alpha value is -0.860. The molecule has 0 bridgehead atoms. The lowest BCUT2D eigenvalue weighted by Crippen LogP contribution is -2.15. The van der Waals surface area contributed by atoms with Gasteiger partial charge in [-0.1, -0.05) is 24.3 Å². The van der Waals surface area contributed by atoms with Gasteiger partial charge in [0.05, 0.1) is 12.1 Å². The number of ether oxygens (including phenoxy) is 1. The lowest BCUT2D eigenvalue weighted by atomic mass is 10.1. The van der Waals surface area contributed by atoms with E-state index in [-0.39, 0.29) is 0 Å². The molecule has 1 fully saturated rings. The van der Waals surface area contributed by atoms with Crippen LogP contribution < -0.4 is 5.32 Å². The molecule has 2 atom stereocenters. The second-order valence-electron chi connectivity index (χ2n) is 3.34. The standard InChI is InChI=1S/C10H10NO/c1-2-4-8-7(3-1)5-9-10(8)11-6-12-9/h1-4,6,9-11H,5H2/t9-,10+/m1/s1. The molecule has 3 rings (SSSR count). The summed E-state index contributed by atoms with van der Waals surface area (Å²) in [7, 11) is 0. The molecule has 1 heterocycles. The van der Waals surface area contributed by atoms with Crippen LogP contribution in [-0.4, -0.2) is 6.10 Å². The van der Waals surface area contributed by atoms with E-state index in [1.165, 1.54) is 11.1 Å². The van der Waals surface area contributed by atoms with Gasteiger partial charge in [-0.25, -0.2) is 0 Å². The monoisotopic (exact) mass is 160 g/mol. The van der Waals surface area contributed by atoms with E-state index < -0.39 is 0 Å². The zero-order valence-electron chi connectivity index (χ0n) is 6.66. The van der Waals surface area contributed by atoms with Crippen molar-refractivity contribution >= 4 is 0 Å². The van der Waals surface area contributed by atoms with Crippen molar-refractivity contribution in [1.29, 1.82) is 0 Å². The van der Waals surface area contributed by atoms with E-state index in [0.29, 0.717) is 12.1 Å². The second-order valence-corrected chi connectivity index (χ2v) is 3.34. The minimum atomic E-state index is 0.336. The van der Waals surface area contributed by atoms with Crippen molar-refractivity contribution < 1.29 is 4.74 Å². The van der Waals surface area contributed by atoms with Gasteiger partial charge >= 0.3 is 0 Å². The van der Waals surface area contributed by atoms with E-state index in [9.17, 15) is 0 Å². The average Bonchev–Trinajstić information content (AvgIpc) is 2.62. The molecule has 1 aliphatic heterocycles. The Labute approximate surface area is 71.5 Å². The summed E-state index contributed by atoms with van der Waals surface area (Å²) in [6.45, 7) is 1.71. The van der Waals surface area contributed by atoms with Gasteiger partial charge in [0.15, 0.2) is 0 Å². The van der Waals surface area contributed by atoms with Gasteiger partial charge in [-0.3, -0.25) is 5.32 Å². The maximum absolute atomic E-state index is 5.42. The van der Waals surface area contributed by atoms with Gasteiger partial charge in [0, 0.05) is 6.42 Å². The molecule has 0 spiro atoms. The Balaban J connectivity index is 2.09. The second kappa shape index (κ2) is 2.31. The predicted molar refractivity (Wildman–Crippen MR) is 45.2 cm³/mol. The molecule has 2 nitrogen and oxygen atoms in total. The molecule has 1 aromatic rings. The van der Waals surface area contributed by atoms with Gasteiger partial charge in [-0.05, 0) is 11.1 Å². The number of hydrogen-bond acceptors (Lipinski definition) is 2. The van der Waals surface area contributed by atoms with E-state index >= 15 is 0 Å². The smallest absolute Gasteiger partial charge is 0.149 e. The van der Waals surface area contributed by atoms with Crippen LogP contribution in [0.1, 0.15) is 17.2 Å². The zero-order valence-corrected chi connectivity index (χ0v) is 6.66. The van der Waals surface area contributed by atoms with Gasteiger partial charge in [0.25, 0.3) is 0 Å². The molecule has 1 aliphatic carbocycles. The summed E-state index contributed by atoms with van der Waals surface area (Å²) in [6.07, 6.45) is 1.38. The maximum atomic E-state index is 5.42. The third kappa shape index (κ3) is 0.765. The van der Waals surface area contributed by atoms with E-state index in [2.05, 4.69) is 29.6 Å². The molecule has 1 radical (unpaired) electrons. The van der Waals surface area contributed by atoms with Gasteiger partial charge in [-0.2, -0.15) is 0 Å². The normalized spacial score (nSPS) is 31.7. The molecule has 2 heteroatoms. The number of fused-ring (bicyclic) bond motifs is 3.